The fourth-order valence-corrected chi connectivity index (χ4v) is 1.54. The minimum absolute atomic E-state index is 0.0526. The minimum Gasteiger partial charge on any atom is -0.484 e. The average molecular weight is 265 g/mol. The molecule has 0 atom stereocenters. The van der Waals surface area contributed by atoms with E-state index in [1.807, 2.05) is 25.1 Å². The Balaban J connectivity index is 2.51. The Morgan fingerprint density at radius 2 is 2.05 bits per heavy atom. The van der Waals surface area contributed by atoms with Crippen LogP contribution in [0.4, 0.5) is 0 Å². The molecule has 1 rings (SSSR count). The molecule has 0 saturated carbocycles. The lowest BCUT2D eigenvalue weighted by molar-refractivity contribution is -0.147. The molecule has 0 N–H and O–H groups in total. The summed E-state index contributed by atoms with van der Waals surface area (Å²) in [6.07, 6.45) is 0. The molecule has 1 aromatic carbocycles. The molecule has 1 amide bonds. The van der Waals surface area contributed by atoms with Crippen molar-refractivity contribution in [2.24, 2.45) is 0 Å². The highest BCUT2D eigenvalue weighted by molar-refractivity contribution is 5.83. The maximum Gasteiger partial charge on any atom is 0.325 e. The van der Waals surface area contributed by atoms with Crippen molar-refractivity contribution in [3.8, 4) is 5.75 Å². The molecule has 0 aromatic heterocycles. The Morgan fingerprint density at radius 3 is 2.63 bits per heavy atom. The van der Waals surface area contributed by atoms with E-state index in [-0.39, 0.29) is 19.1 Å². The van der Waals surface area contributed by atoms with E-state index in [1.165, 1.54) is 12.0 Å². The Morgan fingerprint density at radius 1 is 1.32 bits per heavy atom. The van der Waals surface area contributed by atoms with E-state index in [2.05, 4.69) is 4.74 Å². The van der Waals surface area contributed by atoms with E-state index in [9.17, 15) is 9.59 Å². The number of esters is 1. The number of hydrogen-bond acceptors (Lipinski definition) is 4. The molecule has 0 radical (unpaired) electrons. The highest BCUT2D eigenvalue weighted by atomic mass is 16.5. The highest BCUT2D eigenvalue weighted by Gasteiger charge is 2.16. The first kappa shape index (κ1) is 15.0. The summed E-state index contributed by atoms with van der Waals surface area (Å²) in [7, 11) is 1.30. The quantitative estimate of drug-likeness (QED) is 0.729. The highest BCUT2D eigenvalue weighted by Crippen LogP contribution is 2.12. The van der Waals surface area contributed by atoms with Gasteiger partial charge in [-0.05, 0) is 31.5 Å². The molecule has 0 aliphatic rings. The molecule has 0 fully saturated rings. The monoisotopic (exact) mass is 265 g/mol. The average Bonchev–Trinajstić information content (AvgIpc) is 2.41. The topological polar surface area (TPSA) is 55.8 Å². The normalized spacial score (nSPS) is 9.84. The lowest BCUT2D eigenvalue weighted by Gasteiger charge is -2.19. The van der Waals surface area contributed by atoms with E-state index < -0.39 is 5.97 Å². The van der Waals surface area contributed by atoms with Gasteiger partial charge in [-0.2, -0.15) is 0 Å². The number of rotatable bonds is 6. The number of aryl methyl sites for hydroxylation is 1. The second-order valence-electron chi connectivity index (χ2n) is 4.09. The zero-order chi connectivity index (χ0) is 14.3. The van der Waals surface area contributed by atoms with Gasteiger partial charge in [0.1, 0.15) is 12.3 Å². The molecule has 5 heteroatoms. The van der Waals surface area contributed by atoms with E-state index in [0.717, 1.165) is 5.56 Å². The number of carbonyl (C=O) groups is 2. The molecule has 0 aliphatic heterocycles. The largest absolute Gasteiger partial charge is 0.484 e. The van der Waals surface area contributed by atoms with Gasteiger partial charge < -0.3 is 14.4 Å². The second kappa shape index (κ2) is 7.41. The summed E-state index contributed by atoms with van der Waals surface area (Å²) in [5.41, 5.74) is 1.06. The predicted molar refractivity (Wildman–Crippen MR) is 70.9 cm³/mol. The molecule has 0 heterocycles. The number of amides is 1. The Kier molecular flexibility index (Phi) is 5.85. The van der Waals surface area contributed by atoms with Gasteiger partial charge >= 0.3 is 5.97 Å². The van der Waals surface area contributed by atoms with Gasteiger partial charge in [-0.3, -0.25) is 9.59 Å². The first-order chi connectivity index (χ1) is 9.06. The Hall–Kier alpha value is -2.04. The molecule has 0 unspecified atom stereocenters. The van der Waals surface area contributed by atoms with Crippen LogP contribution in [0.1, 0.15) is 12.5 Å². The number of methoxy groups -OCH3 is 1. The van der Waals surface area contributed by atoms with Crippen molar-refractivity contribution in [1.29, 1.82) is 0 Å². The summed E-state index contributed by atoms with van der Waals surface area (Å²) < 4.78 is 9.94. The summed E-state index contributed by atoms with van der Waals surface area (Å²) in [4.78, 5) is 24.4. The molecule has 0 spiro atoms. The summed E-state index contributed by atoms with van der Waals surface area (Å²) in [5, 5.41) is 0. The van der Waals surface area contributed by atoms with E-state index in [1.54, 1.807) is 13.0 Å². The van der Waals surface area contributed by atoms with Gasteiger partial charge in [0.25, 0.3) is 5.91 Å². The van der Waals surface area contributed by atoms with Gasteiger partial charge in [-0.1, -0.05) is 12.1 Å². The van der Waals surface area contributed by atoms with Gasteiger partial charge in [0.2, 0.25) is 0 Å². The van der Waals surface area contributed by atoms with Crippen LogP contribution in [0, 0.1) is 6.92 Å². The molecule has 0 bridgehead atoms. The fraction of sp³-hybridized carbons (Fsp3) is 0.429. The van der Waals surface area contributed by atoms with Gasteiger partial charge in [0.15, 0.2) is 6.61 Å². The van der Waals surface area contributed by atoms with Crippen molar-refractivity contribution >= 4 is 11.9 Å². The Labute approximate surface area is 113 Å². The minimum atomic E-state index is -0.439. The molecule has 0 aliphatic carbocycles. The van der Waals surface area contributed by atoms with Crippen LogP contribution in [0.15, 0.2) is 24.3 Å². The second-order valence-corrected chi connectivity index (χ2v) is 4.09. The van der Waals surface area contributed by atoms with Crippen molar-refractivity contribution in [2.45, 2.75) is 13.8 Å². The molecule has 104 valence electrons. The molecular weight excluding hydrogens is 246 g/mol. The number of likely N-dealkylation sites (N-methyl/N-ethyl adjacent to an activating group) is 1. The third-order valence-corrected chi connectivity index (χ3v) is 2.63. The molecule has 0 saturated heterocycles. The van der Waals surface area contributed by atoms with Crippen LogP contribution in [-0.4, -0.2) is 43.6 Å². The van der Waals surface area contributed by atoms with E-state index in [4.69, 9.17) is 4.74 Å². The van der Waals surface area contributed by atoms with Crippen molar-refractivity contribution in [3.05, 3.63) is 29.8 Å². The van der Waals surface area contributed by atoms with Crippen LogP contribution in [0.3, 0.4) is 0 Å². The van der Waals surface area contributed by atoms with Crippen molar-refractivity contribution in [3.63, 3.8) is 0 Å². The zero-order valence-electron chi connectivity index (χ0n) is 11.5. The Bertz CT molecular complexity index is 445. The molecule has 5 nitrogen and oxygen atoms in total. The van der Waals surface area contributed by atoms with Crippen LogP contribution in [0.25, 0.3) is 0 Å². The number of ether oxygens (including phenoxy) is 2. The first-order valence-electron chi connectivity index (χ1n) is 6.11. The molecular formula is C14H19NO4. The van der Waals surface area contributed by atoms with Crippen molar-refractivity contribution in [1.82, 2.24) is 4.90 Å². The number of benzene rings is 1. The van der Waals surface area contributed by atoms with Crippen molar-refractivity contribution in [2.75, 3.05) is 26.8 Å². The summed E-state index contributed by atoms with van der Waals surface area (Å²) in [6, 6.07) is 7.45. The van der Waals surface area contributed by atoms with Gasteiger partial charge in [0, 0.05) is 6.54 Å². The lowest BCUT2D eigenvalue weighted by atomic mass is 10.2. The van der Waals surface area contributed by atoms with E-state index in [0.29, 0.717) is 12.3 Å². The molecule has 19 heavy (non-hydrogen) atoms. The summed E-state index contributed by atoms with van der Waals surface area (Å²) >= 11 is 0. The standard InChI is InChI=1S/C14H19NO4/c1-4-15(9-14(17)18-3)13(16)10-19-12-7-5-6-11(2)8-12/h5-8H,4,9-10H2,1-3H3. The maximum absolute atomic E-state index is 11.9. The number of carbonyl (C=O) groups excluding carboxylic acids is 2. The van der Waals surface area contributed by atoms with Crippen LogP contribution < -0.4 is 4.74 Å². The smallest absolute Gasteiger partial charge is 0.325 e. The van der Waals surface area contributed by atoms with Crippen molar-refractivity contribution < 1.29 is 19.1 Å². The van der Waals surface area contributed by atoms with Crippen LogP contribution in [-0.2, 0) is 14.3 Å². The van der Waals surface area contributed by atoms with Gasteiger partial charge in [-0.15, -0.1) is 0 Å². The SMILES string of the molecule is CCN(CC(=O)OC)C(=O)COc1cccc(C)c1. The molecule has 1 aromatic rings. The third-order valence-electron chi connectivity index (χ3n) is 2.63. The predicted octanol–water partition coefficient (Wildman–Crippen LogP) is 1.40. The number of nitrogens with zero attached hydrogens (tertiary/aromatic N) is 1. The summed E-state index contributed by atoms with van der Waals surface area (Å²) in [5.74, 6) is -0.0392. The van der Waals surface area contributed by atoms with Crippen LogP contribution in [0.5, 0.6) is 5.75 Å². The lowest BCUT2D eigenvalue weighted by Crippen LogP contribution is -2.38. The van der Waals surface area contributed by atoms with E-state index >= 15 is 0 Å². The summed E-state index contributed by atoms with van der Waals surface area (Å²) in [6.45, 7) is 4.04. The van der Waals surface area contributed by atoms with Crippen LogP contribution >= 0.6 is 0 Å². The van der Waals surface area contributed by atoms with Gasteiger partial charge in [0.05, 0.1) is 7.11 Å². The van der Waals surface area contributed by atoms with Crippen LogP contribution in [0.2, 0.25) is 0 Å². The first-order valence-corrected chi connectivity index (χ1v) is 6.11. The zero-order valence-corrected chi connectivity index (χ0v) is 11.5. The third kappa shape index (κ3) is 4.99. The fourth-order valence-electron chi connectivity index (χ4n) is 1.54. The maximum atomic E-state index is 11.9. The number of hydrogen-bond donors (Lipinski definition) is 0. The van der Waals surface area contributed by atoms with Gasteiger partial charge in [-0.25, -0.2) is 0 Å².